The van der Waals surface area contributed by atoms with Crippen LogP contribution in [0.2, 0.25) is 0 Å². The smallest absolute Gasteiger partial charge is 0.233 e. The second-order valence-corrected chi connectivity index (χ2v) is 9.00. The molecule has 4 nitrogen and oxygen atoms in total. The highest BCUT2D eigenvalue weighted by Crippen LogP contribution is 2.15. The SMILES string of the molecule is C[C@H](SC/C=C/c1ccccc1)C(=O)N[C@H]1CCS(=O)(=O)C1. The van der Waals surface area contributed by atoms with E-state index in [-0.39, 0.29) is 28.7 Å². The Hall–Kier alpha value is -1.27. The van der Waals surface area contributed by atoms with Gasteiger partial charge < -0.3 is 5.32 Å². The van der Waals surface area contributed by atoms with Gasteiger partial charge in [-0.05, 0) is 18.9 Å². The van der Waals surface area contributed by atoms with Crippen LogP contribution in [0.15, 0.2) is 36.4 Å². The minimum atomic E-state index is -2.95. The number of amides is 1. The van der Waals surface area contributed by atoms with Gasteiger partial charge in [-0.15, -0.1) is 11.8 Å². The normalized spacial score (nSPS) is 21.8. The van der Waals surface area contributed by atoms with Crippen LogP contribution in [-0.4, -0.2) is 42.9 Å². The molecule has 0 unspecified atom stereocenters. The zero-order chi connectivity index (χ0) is 16.0. The highest BCUT2D eigenvalue weighted by atomic mass is 32.2. The van der Waals surface area contributed by atoms with E-state index in [0.717, 1.165) is 11.3 Å². The van der Waals surface area contributed by atoms with Gasteiger partial charge in [0.25, 0.3) is 0 Å². The number of carbonyl (C=O) groups excluding carboxylic acids is 1. The molecule has 6 heteroatoms. The third kappa shape index (κ3) is 5.50. The van der Waals surface area contributed by atoms with Gasteiger partial charge in [0.1, 0.15) is 0 Å². The van der Waals surface area contributed by atoms with Gasteiger partial charge in [-0.25, -0.2) is 8.42 Å². The van der Waals surface area contributed by atoms with Gasteiger partial charge in [-0.3, -0.25) is 4.79 Å². The summed E-state index contributed by atoms with van der Waals surface area (Å²) in [4.78, 5) is 12.0. The van der Waals surface area contributed by atoms with Crippen molar-refractivity contribution in [1.82, 2.24) is 5.32 Å². The number of hydrogen-bond donors (Lipinski definition) is 1. The lowest BCUT2D eigenvalue weighted by molar-refractivity contribution is -0.120. The van der Waals surface area contributed by atoms with Gasteiger partial charge in [0.15, 0.2) is 9.84 Å². The molecular formula is C16H21NO3S2. The van der Waals surface area contributed by atoms with Gasteiger partial charge in [0, 0.05) is 11.8 Å². The molecule has 0 aromatic heterocycles. The van der Waals surface area contributed by atoms with Crippen molar-refractivity contribution in [3.63, 3.8) is 0 Å². The first-order valence-corrected chi connectivity index (χ1v) is 10.2. The van der Waals surface area contributed by atoms with E-state index in [4.69, 9.17) is 0 Å². The average molecular weight is 339 g/mol. The van der Waals surface area contributed by atoms with Crippen molar-refractivity contribution in [2.45, 2.75) is 24.6 Å². The van der Waals surface area contributed by atoms with Crippen LogP contribution in [-0.2, 0) is 14.6 Å². The van der Waals surface area contributed by atoms with Gasteiger partial charge in [-0.2, -0.15) is 0 Å². The number of hydrogen-bond acceptors (Lipinski definition) is 4. The molecule has 1 N–H and O–H groups in total. The predicted octanol–water partition coefficient (Wildman–Crippen LogP) is 2.12. The molecule has 0 bridgehead atoms. The molecule has 1 saturated heterocycles. The van der Waals surface area contributed by atoms with Crippen LogP contribution in [0.3, 0.4) is 0 Å². The van der Waals surface area contributed by atoms with Crippen molar-refractivity contribution in [3.8, 4) is 0 Å². The van der Waals surface area contributed by atoms with Crippen LogP contribution in [0.1, 0.15) is 18.9 Å². The number of nitrogens with one attached hydrogen (secondary N) is 1. The molecular weight excluding hydrogens is 318 g/mol. The Labute approximate surface area is 136 Å². The van der Waals surface area contributed by atoms with Crippen LogP contribution in [0, 0.1) is 0 Å². The standard InChI is InChI=1S/C16H21NO3S2/c1-13(16(18)17-15-9-11-22(19,20)12-15)21-10-5-8-14-6-3-2-4-7-14/h2-8,13,15H,9-12H2,1H3,(H,17,18)/b8-5+/t13-,15-/m0/s1. The minimum Gasteiger partial charge on any atom is -0.351 e. The fourth-order valence-corrected chi connectivity index (χ4v) is 4.64. The molecule has 0 spiro atoms. The van der Waals surface area contributed by atoms with E-state index in [0.29, 0.717) is 6.42 Å². The third-order valence-corrected chi connectivity index (χ3v) is 6.37. The second-order valence-electron chi connectivity index (χ2n) is 5.40. The lowest BCUT2D eigenvalue weighted by Crippen LogP contribution is -2.40. The van der Waals surface area contributed by atoms with E-state index < -0.39 is 9.84 Å². The van der Waals surface area contributed by atoms with Crippen molar-refractivity contribution in [1.29, 1.82) is 0 Å². The lowest BCUT2D eigenvalue weighted by Gasteiger charge is -2.15. The van der Waals surface area contributed by atoms with E-state index in [1.54, 1.807) is 0 Å². The average Bonchev–Trinajstić information content (AvgIpc) is 2.83. The molecule has 1 aromatic carbocycles. The van der Waals surface area contributed by atoms with Gasteiger partial charge in [0.05, 0.1) is 16.8 Å². The van der Waals surface area contributed by atoms with Crippen molar-refractivity contribution in [3.05, 3.63) is 42.0 Å². The first-order valence-electron chi connectivity index (χ1n) is 7.30. The summed E-state index contributed by atoms with van der Waals surface area (Å²) in [5.41, 5.74) is 1.14. The largest absolute Gasteiger partial charge is 0.351 e. The minimum absolute atomic E-state index is 0.0734. The van der Waals surface area contributed by atoms with Crippen molar-refractivity contribution in [2.24, 2.45) is 0 Å². The topological polar surface area (TPSA) is 63.2 Å². The molecule has 0 radical (unpaired) electrons. The maximum absolute atomic E-state index is 12.0. The van der Waals surface area contributed by atoms with Crippen LogP contribution in [0.5, 0.6) is 0 Å². The summed E-state index contributed by atoms with van der Waals surface area (Å²) in [5.74, 6) is 0.913. The summed E-state index contributed by atoms with van der Waals surface area (Å²) in [6.07, 6.45) is 4.59. The molecule has 1 heterocycles. The molecule has 1 aromatic rings. The van der Waals surface area contributed by atoms with Crippen molar-refractivity contribution < 1.29 is 13.2 Å². The van der Waals surface area contributed by atoms with E-state index in [2.05, 4.69) is 5.32 Å². The Morgan fingerprint density at radius 1 is 1.41 bits per heavy atom. The molecule has 22 heavy (non-hydrogen) atoms. The third-order valence-electron chi connectivity index (χ3n) is 3.50. The van der Waals surface area contributed by atoms with E-state index >= 15 is 0 Å². The lowest BCUT2D eigenvalue weighted by atomic mass is 10.2. The van der Waals surface area contributed by atoms with Gasteiger partial charge >= 0.3 is 0 Å². The predicted molar refractivity (Wildman–Crippen MR) is 92.6 cm³/mol. The number of thioether (sulfide) groups is 1. The summed E-state index contributed by atoms with van der Waals surface area (Å²) >= 11 is 1.54. The highest BCUT2D eigenvalue weighted by molar-refractivity contribution is 8.00. The van der Waals surface area contributed by atoms with Crippen molar-refractivity contribution in [2.75, 3.05) is 17.3 Å². The number of rotatable bonds is 6. The maximum Gasteiger partial charge on any atom is 0.233 e. The molecule has 120 valence electrons. The summed E-state index contributed by atoms with van der Waals surface area (Å²) < 4.78 is 22.7. The highest BCUT2D eigenvalue weighted by Gasteiger charge is 2.29. The Balaban J connectivity index is 1.72. The first kappa shape index (κ1) is 17.1. The molecule has 1 amide bonds. The fourth-order valence-electron chi connectivity index (χ4n) is 2.25. The van der Waals surface area contributed by atoms with Crippen LogP contribution in [0.4, 0.5) is 0 Å². The van der Waals surface area contributed by atoms with Gasteiger partial charge in [0.2, 0.25) is 5.91 Å². The molecule has 2 rings (SSSR count). The first-order chi connectivity index (χ1) is 10.5. The molecule has 1 fully saturated rings. The molecule has 1 aliphatic heterocycles. The summed E-state index contributed by atoms with van der Waals surface area (Å²) in [6, 6.07) is 9.77. The van der Waals surface area contributed by atoms with Crippen LogP contribution in [0.25, 0.3) is 6.08 Å². The second kappa shape index (κ2) is 7.83. The van der Waals surface area contributed by atoms with Crippen LogP contribution >= 0.6 is 11.8 Å². The van der Waals surface area contributed by atoms with Crippen LogP contribution < -0.4 is 5.32 Å². The van der Waals surface area contributed by atoms with E-state index in [9.17, 15) is 13.2 Å². The molecule has 1 aliphatic rings. The monoisotopic (exact) mass is 339 g/mol. The maximum atomic E-state index is 12.0. The zero-order valence-electron chi connectivity index (χ0n) is 12.6. The quantitative estimate of drug-likeness (QED) is 0.862. The molecule has 0 aliphatic carbocycles. The van der Waals surface area contributed by atoms with E-state index in [1.165, 1.54) is 11.8 Å². The number of benzene rings is 1. The summed E-state index contributed by atoms with van der Waals surface area (Å²) in [6.45, 7) is 1.85. The Bertz CT molecular complexity index is 626. The number of sulfone groups is 1. The molecule has 2 atom stereocenters. The Kier molecular flexibility index (Phi) is 6.08. The van der Waals surface area contributed by atoms with Crippen molar-refractivity contribution >= 4 is 33.6 Å². The zero-order valence-corrected chi connectivity index (χ0v) is 14.2. The van der Waals surface area contributed by atoms with E-state index in [1.807, 2.05) is 49.4 Å². The fraction of sp³-hybridized carbons (Fsp3) is 0.438. The summed E-state index contributed by atoms with van der Waals surface area (Å²) in [7, 11) is -2.95. The Morgan fingerprint density at radius 3 is 2.77 bits per heavy atom. The Morgan fingerprint density at radius 2 is 2.14 bits per heavy atom. The molecule has 0 saturated carbocycles. The van der Waals surface area contributed by atoms with Gasteiger partial charge in [-0.1, -0.05) is 42.5 Å². The summed E-state index contributed by atoms with van der Waals surface area (Å²) in [5, 5.41) is 2.64. The number of carbonyl (C=O) groups is 1.